The molecule has 1 N–H and O–H groups in total. The van der Waals surface area contributed by atoms with Gasteiger partial charge in [0.05, 0.1) is 0 Å². The number of nitrogens with one attached hydrogen (secondary N) is 1. The van der Waals surface area contributed by atoms with Crippen LogP contribution in [0.3, 0.4) is 0 Å². The van der Waals surface area contributed by atoms with Gasteiger partial charge in [0.1, 0.15) is 5.15 Å². The average Bonchev–Trinajstić information content (AvgIpc) is 2.65. The van der Waals surface area contributed by atoms with Gasteiger partial charge in [-0.3, -0.25) is 9.59 Å². The molecule has 26 heavy (non-hydrogen) atoms. The molecule has 136 valence electrons. The van der Waals surface area contributed by atoms with Crippen molar-refractivity contribution in [3.8, 4) is 0 Å². The van der Waals surface area contributed by atoms with Crippen molar-refractivity contribution in [2.45, 2.75) is 26.4 Å². The van der Waals surface area contributed by atoms with E-state index in [1.807, 2.05) is 26.0 Å². The van der Waals surface area contributed by atoms with Crippen LogP contribution in [0.1, 0.15) is 35.3 Å². The Morgan fingerprint density at radius 3 is 2.46 bits per heavy atom. The molecule has 0 saturated carbocycles. The summed E-state index contributed by atoms with van der Waals surface area (Å²) in [6.45, 7) is 4.32. The van der Waals surface area contributed by atoms with Crippen LogP contribution in [0, 0.1) is 0 Å². The molecule has 0 spiro atoms. The monoisotopic (exact) mass is 371 g/mol. The Labute approximate surface area is 158 Å². The minimum atomic E-state index is -0.209. The Morgan fingerprint density at radius 2 is 1.88 bits per heavy atom. The summed E-state index contributed by atoms with van der Waals surface area (Å²) in [7, 11) is 1.78. The Morgan fingerprint density at radius 1 is 1.19 bits per heavy atom. The molecular weight excluding hydrogens is 350 g/mol. The van der Waals surface area contributed by atoms with Gasteiger partial charge in [-0.15, -0.1) is 0 Å². The predicted molar refractivity (Wildman–Crippen MR) is 104 cm³/mol. The van der Waals surface area contributed by atoms with Crippen LogP contribution in [0.4, 0.5) is 0 Å². The van der Waals surface area contributed by atoms with Crippen LogP contribution in [0.15, 0.2) is 48.7 Å². The van der Waals surface area contributed by atoms with Crippen molar-refractivity contribution in [2.75, 3.05) is 7.05 Å². The SMILES string of the molecule is CC(C)N(C)C(=O)c1ccc(CNC(=O)C=Cc2ccc(Cl)nc2)cc1. The second-order valence-electron chi connectivity index (χ2n) is 6.17. The molecule has 0 aliphatic rings. The normalized spacial score (nSPS) is 11.0. The number of hydrogen-bond donors (Lipinski definition) is 1. The number of carbonyl (C=O) groups is 2. The molecule has 6 heteroatoms. The van der Waals surface area contributed by atoms with E-state index in [4.69, 9.17) is 11.6 Å². The lowest BCUT2D eigenvalue weighted by molar-refractivity contribution is -0.116. The van der Waals surface area contributed by atoms with Gasteiger partial charge in [0.2, 0.25) is 5.91 Å². The molecule has 0 aliphatic heterocycles. The summed E-state index contributed by atoms with van der Waals surface area (Å²) >= 11 is 5.72. The van der Waals surface area contributed by atoms with Crippen LogP contribution in [0.2, 0.25) is 5.15 Å². The van der Waals surface area contributed by atoms with Crippen LogP contribution in [0.25, 0.3) is 6.08 Å². The van der Waals surface area contributed by atoms with E-state index in [-0.39, 0.29) is 17.9 Å². The standard InChI is InChI=1S/C20H22ClN3O2/c1-14(2)24(3)20(26)17-8-4-15(5-9-17)13-23-19(25)11-7-16-6-10-18(21)22-12-16/h4-12,14H,13H2,1-3H3,(H,23,25). The number of aromatic nitrogens is 1. The molecule has 0 atom stereocenters. The van der Waals surface area contributed by atoms with E-state index in [0.29, 0.717) is 17.3 Å². The van der Waals surface area contributed by atoms with Crippen molar-refractivity contribution >= 4 is 29.5 Å². The first-order valence-corrected chi connectivity index (χ1v) is 8.68. The lowest BCUT2D eigenvalue weighted by atomic mass is 10.1. The van der Waals surface area contributed by atoms with Crippen molar-refractivity contribution in [3.05, 3.63) is 70.5 Å². The summed E-state index contributed by atoms with van der Waals surface area (Å²) in [5, 5.41) is 3.21. The highest BCUT2D eigenvalue weighted by Gasteiger charge is 2.13. The van der Waals surface area contributed by atoms with Gasteiger partial charge < -0.3 is 10.2 Å². The molecule has 0 radical (unpaired) electrons. The van der Waals surface area contributed by atoms with Gasteiger partial charge in [-0.2, -0.15) is 0 Å². The van der Waals surface area contributed by atoms with Gasteiger partial charge in [0.25, 0.3) is 5.91 Å². The molecule has 0 unspecified atom stereocenters. The van der Waals surface area contributed by atoms with Crippen LogP contribution < -0.4 is 5.32 Å². The molecule has 2 rings (SSSR count). The molecule has 0 bridgehead atoms. The molecule has 1 aromatic heterocycles. The number of benzene rings is 1. The largest absolute Gasteiger partial charge is 0.348 e. The van der Waals surface area contributed by atoms with Crippen molar-refractivity contribution in [2.24, 2.45) is 0 Å². The fourth-order valence-electron chi connectivity index (χ4n) is 2.11. The van der Waals surface area contributed by atoms with E-state index < -0.39 is 0 Å². The van der Waals surface area contributed by atoms with Crippen LogP contribution in [-0.2, 0) is 11.3 Å². The molecule has 1 aromatic carbocycles. The van der Waals surface area contributed by atoms with Crippen molar-refractivity contribution in [3.63, 3.8) is 0 Å². The first kappa shape index (κ1) is 19.7. The maximum atomic E-state index is 12.2. The van der Waals surface area contributed by atoms with E-state index in [2.05, 4.69) is 10.3 Å². The summed E-state index contributed by atoms with van der Waals surface area (Å²) in [5.74, 6) is -0.227. The van der Waals surface area contributed by atoms with Gasteiger partial charge >= 0.3 is 0 Å². The quantitative estimate of drug-likeness (QED) is 0.624. The van der Waals surface area contributed by atoms with Crippen molar-refractivity contribution in [1.82, 2.24) is 15.2 Å². The zero-order chi connectivity index (χ0) is 19.1. The maximum absolute atomic E-state index is 12.2. The first-order chi connectivity index (χ1) is 12.4. The summed E-state index contributed by atoms with van der Waals surface area (Å²) in [6, 6.07) is 10.8. The van der Waals surface area contributed by atoms with E-state index in [9.17, 15) is 9.59 Å². The first-order valence-electron chi connectivity index (χ1n) is 8.30. The van der Waals surface area contributed by atoms with Gasteiger partial charge in [-0.25, -0.2) is 4.98 Å². The molecule has 1 heterocycles. The minimum absolute atomic E-state index is 0.0184. The minimum Gasteiger partial charge on any atom is -0.348 e. The maximum Gasteiger partial charge on any atom is 0.253 e. The number of hydrogen-bond acceptors (Lipinski definition) is 3. The fourth-order valence-corrected chi connectivity index (χ4v) is 2.22. The van der Waals surface area contributed by atoms with E-state index >= 15 is 0 Å². The summed E-state index contributed by atoms with van der Waals surface area (Å²) in [5.41, 5.74) is 2.34. The number of carbonyl (C=O) groups excluding carboxylic acids is 2. The highest BCUT2D eigenvalue weighted by molar-refractivity contribution is 6.29. The summed E-state index contributed by atoms with van der Waals surface area (Å²) in [4.78, 5) is 29.8. The lowest BCUT2D eigenvalue weighted by Crippen LogP contribution is -2.32. The fraction of sp³-hybridized carbons (Fsp3) is 0.250. The summed E-state index contributed by atoms with van der Waals surface area (Å²) in [6.07, 6.45) is 4.71. The molecule has 5 nitrogen and oxygen atoms in total. The second-order valence-corrected chi connectivity index (χ2v) is 6.56. The molecule has 2 amide bonds. The van der Waals surface area contributed by atoms with Crippen molar-refractivity contribution in [1.29, 1.82) is 0 Å². The topological polar surface area (TPSA) is 62.3 Å². The lowest BCUT2D eigenvalue weighted by Gasteiger charge is -2.21. The van der Waals surface area contributed by atoms with Gasteiger partial charge in [0, 0.05) is 37.5 Å². The van der Waals surface area contributed by atoms with Crippen LogP contribution >= 0.6 is 11.6 Å². The Balaban J connectivity index is 1.88. The third-order valence-electron chi connectivity index (χ3n) is 3.94. The van der Waals surface area contributed by atoms with Crippen molar-refractivity contribution < 1.29 is 9.59 Å². The average molecular weight is 372 g/mol. The van der Waals surface area contributed by atoms with Gasteiger partial charge in [-0.05, 0) is 49.2 Å². The van der Waals surface area contributed by atoms with Crippen LogP contribution in [-0.4, -0.2) is 34.8 Å². The zero-order valence-electron chi connectivity index (χ0n) is 15.1. The van der Waals surface area contributed by atoms with Gasteiger partial charge in [0.15, 0.2) is 0 Å². The number of halogens is 1. The Kier molecular flexibility index (Phi) is 6.92. The zero-order valence-corrected chi connectivity index (χ0v) is 15.8. The highest BCUT2D eigenvalue weighted by atomic mass is 35.5. The number of nitrogens with zero attached hydrogens (tertiary/aromatic N) is 2. The van der Waals surface area contributed by atoms with Gasteiger partial charge in [-0.1, -0.05) is 29.8 Å². The smallest absolute Gasteiger partial charge is 0.253 e. The van der Waals surface area contributed by atoms with E-state index in [1.165, 1.54) is 6.08 Å². The van der Waals surface area contributed by atoms with E-state index in [1.54, 1.807) is 48.5 Å². The summed E-state index contributed by atoms with van der Waals surface area (Å²) < 4.78 is 0. The second kappa shape index (κ2) is 9.15. The number of pyridine rings is 1. The Hall–Kier alpha value is -2.66. The predicted octanol–water partition coefficient (Wildman–Crippen LogP) is 3.55. The molecule has 0 fully saturated rings. The third kappa shape index (κ3) is 5.70. The third-order valence-corrected chi connectivity index (χ3v) is 4.16. The van der Waals surface area contributed by atoms with Crippen LogP contribution in [0.5, 0.6) is 0 Å². The molecule has 0 aliphatic carbocycles. The molecule has 0 saturated heterocycles. The molecular formula is C20H22ClN3O2. The number of amides is 2. The number of rotatable bonds is 6. The Bertz CT molecular complexity index is 784. The molecule has 2 aromatic rings. The van der Waals surface area contributed by atoms with E-state index in [0.717, 1.165) is 11.1 Å². The highest BCUT2D eigenvalue weighted by Crippen LogP contribution is 2.09.